The zero-order chi connectivity index (χ0) is 6.97. The lowest BCUT2D eigenvalue weighted by molar-refractivity contribution is 1.26. The standard InChI is InChI=1S/C9H5Cl/c10-9-4-2-1-3-8(9)7-5-6-7/h1-4,7H. The van der Waals surface area contributed by atoms with Crippen LogP contribution in [0.1, 0.15) is 11.5 Å². The zero-order valence-electron chi connectivity index (χ0n) is 5.26. The molecule has 0 fully saturated rings. The van der Waals surface area contributed by atoms with Crippen molar-refractivity contribution in [3.8, 4) is 11.8 Å². The Kier molecular flexibility index (Phi) is 1.19. The summed E-state index contributed by atoms with van der Waals surface area (Å²) in [6, 6.07) is 7.79. The highest BCUT2D eigenvalue weighted by Crippen LogP contribution is 2.28. The van der Waals surface area contributed by atoms with E-state index in [1.165, 1.54) is 0 Å². The summed E-state index contributed by atoms with van der Waals surface area (Å²) in [5.41, 5.74) is 1.11. The molecule has 0 saturated heterocycles. The van der Waals surface area contributed by atoms with Crippen molar-refractivity contribution in [2.75, 3.05) is 0 Å². The van der Waals surface area contributed by atoms with Crippen LogP contribution in [0.5, 0.6) is 0 Å². The van der Waals surface area contributed by atoms with Crippen molar-refractivity contribution in [2.24, 2.45) is 0 Å². The number of hydrogen-bond donors (Lipinski definition) is 0. The van der Waals surface area contributed by atoms with Crippen LogP contribution in [0.25, 0.3) is 0 Å². The van der Waals surface area contributed by atoms with Crippen LogP contribution >= 0.6 is 11.6 Å². The van der Waals surface area contributed by atoms with Gasteiger partial charge in [0.25, 0.3) is 0 Å². The van der Waals surface area contributed by atoms with Crippen LogP contribution in [0.4, 0.5) is 0 Å². The molecule has 1 aliphatic carbocycles. The second-order valence-electron chi connectivity index (χ2n) is 2.24. The van der Waals surface area contributed by atoms with Crippen molar-refractivity contribution in [1.82, 2.24) is 0 Å². The second-order valence-corrected chi connectivity index (χ2v) is 2.65. The van der Waals surface area contributed by atoms with Gasteiger partial charge in [-0.05, 0) is 11.6 Å². The predicted octanol–water partition coefficient (Wildman–Crippen LogP) is 2.44. The molecule has 0 atom stereocenters. The molecule has 1 aromatic carbocycles. The lowest BCUT2D eigenvalue weighted by Crippen LogP contribution is -1.81. The summed E-state index contributed by atoms with van der Waals surface area (Å²) < 4.78 is 0. The molecule has 0 heterocycles. The number of hydrogen-bond acceptors (Lipinski definition) is 0. The van der Waals surface area contributed by atoms with Crippen molar-refractivity contribution in [1.29, 1.82) is 0 Å². The summed E-state index contributed by atoms with van der Waals surface area (Å²) in [6.45, 7) is 0. The summed E-state index contributed by atoms with van der Waals surface area (Å²) >= 11 is 5.88. The van der Waals surface area contributed by atoms with Gasteiger partial charge in [0.1, 0.15) is 5.92 Å². The maximum absolute atomic E-state index is 5.88. The third-order valence-corrected chi connectivity index (χ3v) is 1.85. The largest absolute Gasteiger partial charge is 0.108 e. The van der Waals surface area contributed by atoms with Gasteiger partial charge in [0.05, 0.1) is 0 Å². The van der Waals surface area contributed by atoms with E-state index < -0.39 is 0 Å². The fourth-order valence-corrected chi connectivity index (χ4v) is 1.15. The van der Waals surface area contributed by atoms with Gasteiger partial charge in [0, 0.05) is 5.02 Å². The highest BCUT2D eigenvalue weighted by Gasteiger charge is 2.14. The first-order chi connectivity index (χ1) is 4.88. The SMILES string of the molecule is Clc1ccccc1C1C#C1. The average Bonchev–Trinajstić information content (AvgIpc) is 2.71. The molecular weight excluding hydrogens is 144 g/mol. The lowest BCUT2D eigenvalue weighted by Gasteiger charge is -1.97. The Balaban J connectivity index is 2.40. The molecule has 0 aromatic heterocycles. The molecule has 0 N–H and O–H groups in total. The Morgan fingerprint density at radius 1 is 1.20 bits per heavy atom. The highest BCUT2D eigenvalue weighted by molar-refractivity contribution is 6.31. The molecule has 0 radical (unpaired) electrons. The van der Waals surface area contributed by atoms with E-state index in [2.05, 4.69) is 11.8 Å². The molecule has 0 amide bonds. The Morgan fingerprint density at radius 2 is 1.90 bits per heavy atom. The molecule has 0 unspecified atom stereocenters. The van der Waals surface area contributed by atoms with E-state index in [-0.39, 0.29) is 5.92 Å². The number of halogens is 1. The van der Waals surface area contributed by atoms with Crippen LogP contribution in [0, 0.1) is 11.8 Å². The molecule has 0 spiro atoms. The third-order valence-electron chi connectivity index (χ3n) is 1.50. The van der Waals surface area contributed by atoms with Gasteiger partial charge in [-0.3, -0.25) is 0 Å². The Morgan fingerprint density at radius 3 is 2.50 bits per heavy atom. The maximum atomic E-state index is 5.88. The minimum atomic E-state index is 0.272. The van der Waals surface area contributed by atoms with E-state index >= 15 is 0 Å². The fourth-order valence-electron chi connectivity index (χ4n) is 0.906. The summed E-state index contributed by atoms with van der Waals surface area (Å²) in [5, 5.41) is 0.810. The summed E-state index contributed by atoms with van der Waals surface area (Å²) in [6.07, 6.45) is 0. The first-order valence-corrected chi connectivity index (χ1v) is 3.51. The monoisotopic (exact) mass is 148 g/mol. The molecule has 10 heavy (non-hydrogen) atoms. The highest BCUT2D eigenvalue weighted by atomic mass is 35.5. The Bertz CT molecular complexity index is 309. The van der Waals surface area contributed by atoms with E-state index in [0.29, 0.717) is 0 Å². The molecule has 48 valence electrons. The van der Waals surface area contributed by atoms with Crippen LogP contribution in [0.2, 0.25) is 5.02 Å². The summed E-state index contributed by atoms with van der Waals surface area (Å²) in [5.74, 6) is 6.19. The Labute approximate surface area is 64.8 Å². The van der Waals surface area contributed by atoms with E-state index in [4.69, 9.17) is 11.6 Å². The number of rotatable bonds is 1. The van der Waals surface area contributed by atoms with Crippen molar-refractivity contribution >= 4 is 11.6 Å². The second kappa shape index (κ2) is 2.04. The van der Waals surface area contributed by atoms with Crippen LogP contribution in [-0.2, 0) is 0 Å². The van der Waals surface area contributed by atoms with E-state index in [1.54, 1.807) is 0 Å². The molecule has 1 aliphatic rings. The molecule has 0 nitrogen and oxygen atoms in total. The Hall–Kier alpha value is -0.930. The van der Waals surface area contributed by atoms with Gasteiger partial charge in [-0.15, -0.1) is 0 Å². The van der Waals surface area contributed by atoms with Crippen LogP contribution in [0.15, 0.2) is 24.3 Å². The van der Waals surface area contributed by atoms with Gasteiger partial charge in [-0.2, -0.15) is 0 Å². The van der Waals surface area contributed by atoms with Gasteiger partial charge < -0.3 is 0 Å². The van der Waals surface area contributed by atoms with Crippen molar-refractivity contribution in [2.45, 2.75) is 5.92 Å². The van der Waals surface area contributed by atoms with Crippen LogP contribution in [0.3, 0.4) is 0 Å². The quantitative estimate of drug-likeness (QED) is 0.537. The van der Waals surface area contributed by atoms with Gasteiger partial charge in [-0.25, -0.2) is 0 Å². The minimum absolute atomic E-state index is 0.272. The zero-order valence-corrected chi connectivity index (χ0v) is 6.02. The van der Waals surface area contributed by atoms with E-state index in [0.717, 1.165) is 10.6 Å². The molecule has 1 heteroatoms. The van der Waals surface area contributed by atoms with Crippen LogP contribution in [-0.4, -0.2) is 0 Å². The van der Waals surface area contributed by atoms with Gasteiger partial charge >= 0.3 is 0 Å². The lowest BCUT2D eigenvalue weighted by atomic mass is 10.1. The van der Waals surface area contributed by atoms with Gasteiger partial charge in [0.15, 0.2) is 0 Å². The molecule has 1 aromatic rings. The fraction of sp³-hybridized carbons (Fsp3) is 0.111. The first kappa shape index (κ1) is 5.82. The van der Waals surface area contributed by atoms with Crippen molar-refractivity contribution < 1.29 is 0 Å². The average molecular weight is 149 g/mol. The van der Waals surface area contributed by atoms with Crippen molar-refractivity contribution in [3.05, 3.63) is 34.9 Å². The topological polar surface area (TPSA) is 0 Å². The summed E-state index contributed by atoms with van der Waals surface area (Å²) in [7, 11) is 0. The normalized spacial score (nSPS) is 14.1. The van der Waals surface area contributed by atoms with Gasteiger partial charge in [0.2, 0.25) is 0 Å². The first-order valence-electron chi connectivity index (χ1n) is 3.13. The van der Waals surface area contributed by atoms with E-state index in [9.17, 15) is 0 Å². The van der Waals surface area contributed by atoms with Crippen molar-refractivity contribution in [3.63, 3.8) is 0 Å². The molecule has 2 rings (SSSR count). The minimum Gasteiger partial charge on any atom is -0.0840 e. The third kappa shape index (κ3) is 0.894. The molecule has 0 bridgehead atoms. The van der Waals surface area contributed by atoms with Gasteiger partial charge in [-0.1, -0.05) is 41.6 Å². The summed E-state index contributed by atoms with van der Waals surface area (Å²) in [4.78, 5) is 0. The van der Waals surface area contributed by atoms with E-state index in [1.807, 2.05) is 24.3 Å². The molecule has 0 aliphatic heterocycles. The maximum Gasteiger partial charge on any atom is 0.108 e. The van der Waals surface area contributed by atoms with Crippen LogP contribution < -0.4 is 0 Å². The predicted molar refractivity (Wildman–Crippen MR) is 42.0 cm³/mol. The molecule has 0 saturated carbocycles. The molecular formula is C9H5Cl. The smallest absolute Gasteiger partial charge is 0.0840 e. The number of benzene rings is 1.